The first-order chi connectivity index (χ1) is 11.4. The van der Waals surface area contributed by atoms with E-state index < -0.39 is 5.97 Å². The van der Waals surface area contributed by atoms with E-state index in [1.54, 1.807) is 12.1 Å². The van der Waals surface area contributed by atoms with Crippen molar-refractivity contribution >= 4 is 5.97 Å². The molecule has 0 aliphatic heterocycles. The van der Waals surface area contributed by atoms with Gasteiger partial charge < -0.3 is 14.9 Å². The predicted octanol–water partition coefficient (Wildman–Crippen LogP) is 4.60. The number of aromatic hydroxyl groups is 1. The largest absolute Gasteiger partial charge is 0.507 e. The molecule has 0 bridgehead atoms. The van der Waals surface area contributed by atoms with Crippen LogP contribution in [0.5, 0.6) is 11.5 Å². The van der Waals surface area contributed by atoms with Gasteiger partial charge in [0.2, 0.25) is 0 Å². The Bertz CT molecular complexity index is 706. The Morgan fingerprint density at radius 1 is 1.08 bits per heavy atom. The molecule has 0 aliphatic carbocycles. The van der Waals surface area contributed by atoms with Crippen LogP contribution >= 0.6 is 0 Å². The molecule has 0 spiro atoms. The zero-order chi connectivity index (χ0) is 17.7. The number of hydrogen-bond donors (Lipinski definition) is 2. The first-order valence-corrected chi connectivity index (χ1v) is 8.22. The molecule has 24 heavy (non-hydrogen) atoms. The van der Waals surface area contributed by atoms with Crippen LogP contribution in [0.25, 0.3) is 0 Å². The van der Waals surface area contributed by atoms with Crippen molar-refractivity contribution in [3.8, 4) is 11.5 Å². The van der Waals surface area contributed by atoms with Gasteiger partial charge in [-0.05, 0) is 48.2 Å². The molecular formula is C20H24O4. The molecular weight excluding hydrogens is 304 g/mol. The lowest BCUT2D eigenvalue weighted by atomic mass is 9.74. The highest BCUT2D eigenvalue weighted by atomic mass is 16.5. The van der Waals surface area contributed by atoms with Gasteiger partial charge in [0.25, 0.3) is 0 Å². The fraction of sp³-hybridized carbons (Fsp3) is 0.350. The van der Waals surface area contributed by atoms with E-state index in [4.69, 9.17) is 4.74 Å². The maximum absolute atomic E-state index is 11.3. The summed E-state index contributed by atoms with van der Waals surface area (Å²) in [4.78, 5) is 11.3. The van der Waals surface area contributed by atoms with E-state index in [9.17, 15) is 15.0 Å². The van der Waals surface area contributed by atoms with Crippen LogP contribution in [0.2, 0.25) is 0 Å². The number of carboxylic acid groups (broad SMARTS) is 1. The SMILES string of the molecule is CCCOc1ccc(C(C)(CC)c2ccc(O)c(C(=O)O)c2)cc1. The highest BCUT2D eigenvalue weighted by Crippen LogP contribution is 2.37. The summed E-state index contributed by atoms with van der Waals surface area (Å²) < 4.78 is 5.62. The molecule has 2 aromatic rings. The van der Waals surface area contributed by atoms with Crippen LogP contribution < -0.4 is 4.74 Å². The Balaban J connectivity index is 2.41. The standard InChI is InChI=1S/C20H24O4/c1-4-12-24-16-9-6-14(7-10-16)20(3,5-2)15-8-11-18(21)17(13-15)19(22)23/h6-11,13,21H,4-5,12H2,1-3H3,(H,22,23). The van der Waals surface area contributed by atoms with Crippen molar-refractivity contribution in [1.82, 2.24) is 0 Å². The van der Waals surface area contributed by atoms with E-state index in [-0.39, 0.29) is 16.7 Å². The summed E-state index contributed by atoms with van der Waals surface area (Å²) in [6.07, 6.45) is 1.76. The molecule has 0 radical (unpaired) electrons. The van der Waals surface area contributed by atoms with Gasteiger partial charge in [-0.2, -0.15) is 0 Å². The molecule has 0 amide bonds. The van der Waals surface area contributed by atoms with Crippen LogP contribution in [-0.4, -0.2) is 22.8 Å². The van der Waals surface area contributed by atoms with Gasteiger partial charge in [0, 0.05) is 5.41 Å². The zero-order valence-corrected chi connectivity index (χ0v) is 14.4. The Hall–Kier alpha value is -2.49. The number of phenols is 1. The zero-order valence-electron chi connectivity index (χ0n) is 14.4. The van der Waals surface area contributed by atoms with Crippen molar-refractivity contribution in [2.24, 2.45) is 0 Å². The molecule has 0 heterocycles. The molecule has 4 heteroatoms. The van der Waals surface area contributed by atoms with Crippen LogP contribution in [0, 0.1) is 0 Å². The fourth-order valence-corrected chi connectivity index (χ4v) is 2.76. The topological polar surface area (TPSA) is 66.8 Å². The van der Waals surface area contributed by atoms with Crippen molar-refractivity contribution in [1.29, 1.82) is 0 Å². The smallest absolute Gasteiger partial charge is 0.339 e. The van der Waals surface area contributed by atoms with Crippen molar-refractivity contribution in [3.63, 3.8) is 0 Å². The minimum atomic E-state index is -1.13. The lowest BCUT2D eigenvalue weighted by Crippen LogP contribution is -2.23. The molecule has 2 N–H and O–H groups in total. The third-order valence-corrected chi connectivity index (χ3v) is 4.54. The number of carboxylic acids is 1. The molecule has 0 aliphatic rings. The van der Waals surface area contributed by atoms with Gasteiger partial charge in [0.1, 0.15) is 17.1 Å². The molecule has 0 aromatic heterocycles. The van der Waals surface area contributed by atoms with Crippen molar-refractivity contribution < 1.29 is 19.7 Å². The normalized spacial score (nSPS) is 13.3. The molecule has 2 aromatic carbocycles. The number of rotatable bonds is 7. The monoisotopic (exact) mass is 328 g/mol. The van der Waals surface area contributed by atoms with Crippen molar-refractivity contribution in [2.75, 3.05) is 6.61 Å². The fourth-order valence-electron chi connectivity index (χ4n) is 2.76. The number of carbonyl (C=O) groups is 1. The summed E-state index contributed by atoms with van der Waals surface area (Å²) >= 11 is 0. The number of aromatic carboxylic acids is 1. The predicted molar refractivity (Wildman–Crippen MR) is 94.0 cm³/mol. The van der Waals surface area contributed by atoms with Crippen molar-refractivity contribution in [2.45, 2.75) is 39.0 Å². The van der Waals surface area contributed by atoms with Crippen LogP contribution in [0.3, 0.4) is 0 Å². The Morgan fingerprint density at radius 2 is 1.71 bits per heavy atom. The van der Waals surface area contributed by atoms with Gasteiger partial charge >= 0.3 is 5.97 Å². The van der Waals surface area contributed by atoms with E-state index >= 15 is 0 Å². The van der Waals surface area contributed by atoms with Gasteiger partial charge in [0.15, 0.2) is 0 Å². The molecule has 2 rings (SSSR count). The highest BCUT2D eigenvalue weighted by Gasteiger charge is 2.28. The summed E-state index contributed by atoms with van der Waals surface area (Å²) in [6.45, 7) is 6.89. The first-order valence-electron chi connectivity index (χ1n) is 8.22. The van der Waals surface area contributed by atoms with E-state index in [2.05, 4.69) is 20.8 Å². The second-order valence-corrected chi connectivity index (χ2v) is 6.10. The van der Waals surface area contributed by atoms with Crippen LogP contribution in [-0.2, 0) is 5.41 Å². The molecule has 4 nitrogen and oxygen atoms in total. The maximum atomic E-state index is 11.3. The lowest BCUT2D eigenvalue weighted by Gasteiger charge is -2.30. The van der Waals surface area contributed by atoms with Crippen LogP contribution in [0.15, 0.2) is 42.5 Å². The molecule has 1 atom stereocenters. The third kappa shape index (κ3) is 3.53. The number of hydrogen-bond acceptors (Lipinski definition) is 3. The molecule has 1 unspecified atom stereocenters. The summed E-state index contributed by atoms with van der Waals surface area (Å²) in [7, 11) is 0. The van der Waals surface area contributed by atoms with Gasteiger partial charge in [-0.3, -0.25) is 0 Å². The summed E-state index contributed by atoms with van der Waals surface area (Å²) in [6, 6.07) is 12.7. The van der Waals surface area contributed by atoms with E-state index in [0.29, 0.717) is 6.61 Å². The summed E-state index contributed by atoms with van der Waals surface area (Å²) in [5.41, 5.74) is 1.52. The Labute approximate surface area is 142 Å². The third-order valence-electron chi connectivity index (χ3n) is 4.54. The van der Waals surface area contributed by atoms with Crippen LogP contribution in [0.1, 0.15) is 55.1 Å². The highest BCUT2D eigenvalue weighted by molar-refractivity contribution is 5.91. The first kappa shape index (κ1) is 17.9. The van der Waals surface area contributed by atoms with Gasteiger partial charge in [-0.1, -0.05) is 39.0 Å². The average molecular weight is 328 g/mol. The Morgan fingerprint density at radius 3 is 2.25 bits per heavy atom. The van der Waals surface area contributed by atoms with Gasteiger partial charge in [0.05, 0.1) is 6.61 Å². The number of benzene rings is 2. The second kappa shape index (κ2) is 7.39. The summed E-state index contributed by atoms with van der Waals surface area (Å²) in [5.74, 6) is -0.514. The molecule has 0 fully saturated rings. The van der Waals surface area contributed by atoms with Gasteiger partial charge in [-0.15, -0.1) is 0 Å². The second-order valence-electron chi connectivity index (χ2n) is 6.10. The van der Waals surface area contributed by atoms with Crippen molar-refractivity contribution in [3.05, 3.63) is 59.2 Å². The Kier molecular flexibility index (Phi) is 5.50. The van der Waals surface area contributed by atoms with E-state index in [0.717, 1.165) is 29.7 Å². The lowest BCUT2D eigenvalue weighted by molar-refractivity contribution is 0.0693. The molecule has 128 valence electrons. The summed E-state index contributed by atoms with van der Waals surface area (Å²) in [5, 5.41) is 19.0. The average Bonchev–Trinajstić information content (AvgIpc) is 2.59. The maximum Gasteiger partial charge on any atom is 0.339 e. The number of ether oxygens (including phenoxy) is 1. The molecule has 0 saturated carbocycles. The van der Waals surface area contributed by atoms with Crippen LogP contribution in [0.4, 0.5) is 0 Å². The van der Waals surface area contributed by atoms with Gasteiger partial charge in [-0.25, -0.2) is 4.79 Å². The van der Waals surface area contributed by atoms with E-state index in [1.165, 1.54) is 6.07 Å². The van der Waals surface area contributed by atoms with E-state index in [1.807, 2.05) is 24.3 Å². The quantitative estimate of drug-likeness (QED) is 0.780. The molecule has 0 saturated heterocycles. The minimum absolute atomic E-state index is 0.0740. The minimum Gasteiger partial charge on any atom is -0.507 e.